The van der Waals surface area contributed by atoms with E-state index in [1.807, 2.05) is 24.3 Å². The third-order valence-electron chi connectivity index (χ3n) is 16.9. The fourth-order valence-corrected chi connectivity index (χ4v) is 15.9. The lowest BCUT2D eigenvalue weighted by Crippen LogP contribution is -2.60. The van der Waals surface area contributed by atoms with Gasteiger partial charge in [0.1, 0.15) is 24.2 Å². The number of hydrogen-bond donors (Lipinski definition) is 6. The van der Waals surface area contributed by atoms with Crippen molar-refractivity contribution >= 4 is 59.0 Å². The molecule has 8 rings (SSSR count). The number of carbonyl (C=O) groups excluding carboxylic acids is 6. The average Bonchev–Trinajstić information content (AvgIpc) is 4.04. The molecule has 18 heteroatoms. The highest BCUT2D eigenvalue weighted by atomic mass is 32.2. The summed E-state index contributed by atoms with van der Waals surface area (Å²) >= 11 is 3.38. The Hall–Kier alpha value is -4.20. The van der Waals surface area contributed by atoms with Gasteiger partial charge in [-0.25, -0.2) is 0 Å². The van der Waals surface area contributed by atoms with Crippen molar-refractivity contribution in [2.75, 3.05) is 38.8 Å². The van der Waals surface area contributed by atoms with Gasteiger partial charge < -0.3 is 51.2 Å². The molecule has 0 spiro atoms. The highest BCUT2D eigenvalue weighted by Gasteiger charge is 2.61. The maximum Gasteiger partial charge on any atom is 0.246 e. The summed E-state index contributed by atoms with van der Waals surface area (Å²) in [6.07, 6.45) is 9.18. The molecule has 6 amide bonds. The summed E-state index contributed by atoms with van der Waals surface area (Å²) in [6, 6.07) is 11.9. The van der Waals surface area contributed by atoms with E-state index in [0.717, 1.165) is 60.8 Å². The number of nitrogens with one attached hydrogen (secondary N) is 6. The Morgan fingerprint density at radius 3 is 1.65 bits per heavy atom. The summed E-state index contributed by atoms with van der Waals surface area (Å²) in [4.78, 5) is 86.6. The van der Waals surface area contributed by atoms with Crippen molar-refractivity contribution in [2.45, 2.75) is 196 Å². The molecular weight excluding hydrogens is 989 g/mol. The Balaban J connectivity index is 0.803. The van der Waals surface area contributed by atoms with Gasteiger partial charge in [-0.3, -0.25) is 28.8 Å². The molecule has 6 aliphatic rings. The van der Waals surface area contributed by atoms with Crippen molar-refractivity contribution < 1.29 is 38.2 Å². The van der Waals surface area contributed by atoms with Gasteiger partial charge in [0.25, 0.3) is 0 Å². The van der Waals surface area contributed by atoms with Crippen LogP contribution in [0.25, 0.3) is 0 Å². The number of benzene rings is 2. The zero-order valence-corrected chi connectivity index (χ0v) is 47.4. The fourth-order valence-electron chi connectivity index (χ4n) is 12.7. The van der Waals surface area contributed by atoms with Crippen LogP contribution in [0.4, 0.5) is 0 Å². The van der Waals surface area contributed by atoms with E-state index in [1.54, 1.807) is 61.3 Å². The highest BCUT2D eigenvalue weighted by Crippen LogP contribution is 2.54. The van der Waals surface area contributed by atoms with Crippen molar-refractivity contribution in [3.8, 4) is 0 Å². The van der Waals surface area contributed by atoms with Crippen LogP contribution in [0.2, 0.25) is 0 Å². The Morgan fingerprint density at radius 2 is 1.12 bits per heavy atom. The minimum absolute atomic E-state index is 0.147. The predicted molar refractivity (Wildman–Crippen MR) is 295 cm³/mol. The van der Waals surface area contributed by atoms with E-state index in [2.05, 4.69) is 90.8 Å². The van der Waals surface area contributed by atoms with Crippen LogP contribution in [-0.4, -0.2) is 143 Å². The second-order valence-electron chi connectivity index (χ2n) is 23.4. The first-order valence-electron chi connectivity index (χ1n) is 27.6. The third-order valence-corrected chi connectivity index (χ3v) is 19.5. The molecule has 2 aliphatic carbocycles. The van der Waals surface area contributed by atoms with E-state index in [0.29, 0.717) is 63.2 Å². The molecule has 0 bridgehead atoms. The van der Waals surface area contributed by atoms with Gasteiger partial charge in [0.15, 0.2) is 0 Å². The van der Waals surface area contributed by atoms with E-state index in [9.17, 15) is 28.8 Å². The smallest absolute Gasteiger partial charge is 0.246 e. The van der Waals surface area contributed by atoms with E-state index in [-0.39, 0.29) is 65.1 Å². The van der Waals surface area contributed by atoms with Crippen molar-refractivity contribution in [3.05, 3.63) is 70.8 Å². The molecule has 4 saturated heterocycles. The number of likely N-dealkylation sites (N-methyl/N-ethyl adjacent to an activating group) is 2. The third kappa shape index (κ3) is 12.4. The molecule has 4 heterocycles. The van der Waals surface area contributed by atoms with Crippen LogP contribution in [0.15, 0.2) is 48.5 Å². The van der Waals surface area contributed by atoms with Gasteiger partial charge in [-0.2, -0.15) is 0 Å². The molecular formula is C57H84N8O8S2. The SMILES string of the molecule is CN[C@@H](C)C(=O)N[C@H]1CCS[C@H]2CC(C)(C)[C@@H](C(=O)N[C@H]3c4ccccc4C[C@H]3OCCCCCCCCO[C@@H]3Cc4ccccc4[C@@H]3NC(=O)[C@H]3N4C(=O)[C@@H](NC(=O)[C@H](C)NC)CCS[C@@]4(C)CC3(C)C)N2C1=O. The van der Waals surface area contributed by atoms with Crippen molar-refractivity contribution in [2.24, 2.45) is 10.8 Å². The Kier molecular flexibility index (Phi) is 18.4. The molecule has 6 N–H and O–H groups in total. The molecule has 412 valence electrons. The molecule has 0 aromatic heterocycles. The van der Waals surface area contributed by atoms with Crippen LogP contribution >= 0.6 is 23.5 Å². The monoisotopic (exact) mass is 1070 g/mol. The predicted octanol–water partition coefficient (Wildman–Crippen LogP) is 5.68. The molecule has 12 atom stereocenters. The molecule has 0 unspecified atom stereocenters. The second kappa shape index (κ2) is 24.2. The molecule has 0 saturated carbocycles. The topological polar surface area (TPSA) is 200 Å². The molecule has 4 aliphatic heterocycles. The molecule has 16 nitrogen and oxygen atoms in total. The van der Waals surface area contributed by atoms with Crippen molar-refractivity contribution in [1.29, 1.82) is 0 Å². The zero-order chi connectivity index (χ0) is 53.8. The molecule has 2 aromatic carbocycles. The average molecular weight is 1070 g/mol. The molecule has 2 aromatic rings. The summed E-state index contributed by atoms with van der Waals surface area (Å²) in [7, 11) is 3.43. The Labute approximate surface area is 453 Å². The lowest BCUT2D eigenvalue weighted by atomic mass is 9.83. The van der Waals surface area contributed by atoms with Gasteiger partial charge in [-0.15, -0.1) is 23.5 Å². The van der Waals surface area contributed by atoms with Crippen LogP contribution < -0.4 is 31.9 Å². The molecule has 75 heavy (non-hydrogen) atoms. The quantitative estimate of drug-likeness (QED) is 0.0838. The number of amides is 6. The summed E-state index contributed by atoms with van der Waals surface area (Å²) in [5.41, 5.74) is 3.41. The van der Waals surface area contributed by atoms with Crippen LogP contribution in [-0.2, 0) is 51.1 Å². The standard InChI is InChI=1S/C57H84N8O8S2/c1-34(58-8)49(66)60-40-24-28-74-44-32-55(3,4)47(64(44)53(40)70)51(68)62-45-38-22-16-14-20-36(38)30-42(45)72-26-18-12-10-11-13-19-27-73-43-31-37-21-15-17-23-39(37)46(43)63-52(69)48-56(5,6)33-57(7)65(48)54(71)41(25-29-75-57)61-50(67)35(2)59-9/h14-17,20-23,34-35,40-48,58-59H,10-13,18-19,24-33H2,1-9H3,(H,60,66)(H,61,67)(H,62,68)(H,63,69)/t34-,35-,40-,41-,42+,43+,44-,45-,46-,47+,48+,57-/m0/s1. The Morgan fingerprint density at radius 1 is 0.640 bits per heavy atom. The first-order chi connectivity index (χ1) is 35.8. The number of hydrogen-bond acceptors (Lipinski definition) is 12. The number of fused-ring (bicyclic) bond motifs is 4. The number of thioether (sulfide) groups is 2. The first kappa shape index (κ1) is 57.0. The first-order valence-corrected chi connectivity index (χ1v) is 29.7. The largest absolute Gasteiger partial charge is 0.375 e. The molecule has 0 radical (unpaired) electrons. The van der Waals surface area contributed by atoms with Gasteiger partial charge in [0.2, 0.25) is 35.4 Å². The molecule has 4 fully saturated rings. The number of carbonyl (C=O) groups is 6. The van der Waals surface area contributed by atoms with Gasteiger partial charge >= 0.3 is 0 Å². The van der Waals surface area contributed by atoms with Crippen molar-refractivity contribution in [3.63, 3.8) is 0 Å². The zero-order valence-electron chi connectivity index (χ0n) is 45.8. The maximum atomic E-state index is 14.7. The van der Waals surface area contributed by atoms with Gasteiger partial charge in [-0.05, 0) is 118 Å². The maximum absolute atomic E-state index is 14.7. The number of ether oxygens (including phenoxy) is 2. The Bertz CT molecular complexity index is 2410. The number of unbranched alkanes of at least 4 members (excludes halogenated alkanes) is 5. The number of nitrogens with zero attached hydrogens (tertiary/aromatic N) is 2. The van der Waals surface area contributed by atoms with E-state index < -0.39 is 52.0 Å². The van der Waals surface area contributed by atoms with Gasteiger partial charge in [0, 0.05) is 26.1 Å². The van der Waals surface area contributed by atoms with E-state index in [4.69, 9.17) is 9.47 Å². The number of rotatable bonds is 21. The van der Waals surface area contributed by atoms with Crippen molar-refractivity contribution in [1.82, 2.24) is 41.7 Å². The minimum atomic E-state index is -0.726. The summed E-state index contributed by atoms with van der Waals surface area (Å²) in [6.45, 7) is 15.0. The van der Waals surface area contributed by atoms with E-state index in [1.165, 1.54) is 0 Å². The van der Waals surface area contributed by atoms with Crippen LogP contribution in [0, 0.1) is 10.8 Å². The second-order valence-corrected chi connectivity index (χ2v) is 26.3. The van der Waals surface area contributed by atoms with Gasteiger partial charge in [0.05, 0.1) is 46.6 Å². The highest BCUT2D eigenvalue weighted by molar-refractivity contribution is 8.00. The lowest BCUT2D eigenvalue weighted by molar-refractivity contribution is -0.146. The lowest BCUT2D eigenvalue weighted by Gasteiger charge is -2.38. The fraction of sp³-hybridized carbons (Fsp3) is 0.684. The van der Waals surface area contributed by atoms with E-state index >= 15 is 0 Å². The summed E-state index contributed by atoms with van der Waals surface area (Å²) in [5, 5.41) is 18.4. The van der Waals surface area contributed by atoms with Crippen LogP contribution in [0.1, 0.15) is 147 Å². The van der Waals surface area contributed by atoms with Crippen LogP contribution in [0.3, 0.4) is 0 Å². The van der Waals surface area contributed by atoms with Gasteiger partial charge in [-0.1, -0.05) is 102 Å². The minimum Gasteiger partial charge on any atom is -0.375 e. The van der Waals surface area contributed by atoms with Crippen LogP contribution in [0.5, 0.6) is 0 Å². The summed E-state index contributed by atoms with van der Waals surface area (Å²) < 4.78 is 13.2. The summed E-state index contributed by atoms with van der Waals surface area (Å²) in [5.74, 6) is 0.141. The normalized spacial score (nSPS) is 30.3.